The van der Waals surface area contributed by atoms with Crippen molar-refractivity contribution < 1.29 is 18.0 Å². The van der Waals surface area contributed by atoms with Crippen molar-refractivity contribution in [2.24, 2.45) is 5.92 Å². The van der Waals surface area contributed by atoms with E-state index in [9.17, 15) is 18.0 Å². The summed E-state index contributed by atoms with van der Waals surface area (Å²) >= 11 is 0. The first kappa shape index (κ1) is 22.0. The lowest BCUT2D eigenvalue weighted by Crippen LogP contribution is -2.50. The Labute approximate surface area is 184 Å². The molecule has 0 aromatic heterocycles. The number of nitrogens with zero attached hydrogens (tertiary/aromatic N) is 3. The fourth-order valence-electron chi connectivity index (χ4n) is 4.19. The van der Waals surface area contributed by atoms with E-state index in [2.05, 4.69) is 0 Å². The number of amides is 2. The first-order valence-corrected chi connectivity index (χ1v) is 12.8. The molecule has 31 heavy (non-hydrogen) atoms. The van der Waals surface area contributed by atoms with Gasteiger partial charge in [0.1, 0.15) is 0 Å². The molecule has 2 saturated heterocycles. The molecule has 0 spiro atoms. The molecule has 1 aliphatic carbocycles. The van der Waals surface area contributed by atoms with E-state index >= 15 is 0 Å². The molecule has 1 aromatic carbocycles. The summed E-state index contributed by atoms with van der Waals surface area (Å²) in [5.41, 5.74) is 0.783. The van der Waals surface area contributed by atoms with Crippen LogP contribution >= 0.6 is 0 Å². The number of benzene rings is 1. The van der Waals surface area contributed by atoms with Crippen LogP contribution in [0, 0.1) is 5.92 Å². The van der Waals surface area contributed by atoms with Crippen molar-refractivity contribution in [3.05, 3.63) is 35.9 Å². The predicted molar refractivity (Wildman–Crippen MR) is 119 cm³/mol. The quantitative estimate of drug-likeness (QED) is 0.652. The van der Waals surface area contributed by atoms with Crippen LogP contribution in [0.1, 0.15) is 44.1 Å². The minimum Gasteiger partial charge on any atom is -0.339 e. The molecule has 0 radical (unpaired) electrons. The number of piperazine rings is 1. The molecule has 1 aromatic rings. The van der Waals surface area contributed by atoms with Crippen LogP contribution in [0.3, 0.4) is 0 Å². The first-order valence-electron chi connectivity index (χ1n) is 11.3. The topological polar surface area (TPSA) is 78.0 Å². The second kappa shape index (κ2) is 9.53. The summed E-state index contributed by atoms with van der Waals surface area (Å²) in [6.07, 6.45) is 9.21. The van der Waals surface area contributed by atoms with E-state index in [1.807, 2.05) is 4.90 Å². The second-order valence-corrected chi connectivity index (χ2v) is 10.6. The monoisotopic (exact) mass is 445 g/mol. The molecule has 4 rings (SSSR count). The number of hydrogen-bond acceptors (Lipinski definition) is 4. The van der Waals surface area contributed by atoms with E-state index < -0.39 is 10.0 Å². The Bertz CT molecular complexity index is 922. The predicted octanol–water partition coefficient (Wildman–Crippen LogP) is 2.35. The average Bonchev–Trinajstić information content (AvgIpc) is 3.65. The van der Waals surface area contributed by atoms with Gasteiger partial charge in [-0.25, -0.2) is 8.42 Å². The maximum atomic E-state index is 12.9. The van der Waals surface area contributed by atoms with Crippen molar-refractivity contribution >= 4 is 27.9 Å². The van der Waals surface area contributed by atoms with Gasteiger partial charge in [0.2, 0.25) is 21.8 Å². The number of rotatable bonds is 5. The molecular formula is C23H31N3O4S. The zero-order valence-corrected chi connectivity index (χ0v) is 18.7. The summed E-state index contributed by atoms with van der Waals surface area (Å²) in [5.74, 6) is 0.367. The highest BCUT2D eigenvalue weighted by atomic mass is 32.2. The van der Waals surface area contributed by atoms with Crippen LogP contribution in [0.15, 0.2) is 35.2 Å². The summed E-state index contributed by atoms with van der Waals surface area (Å²) in [6, 6.07) is 6.71. The minimum atomic E-state index is -3.46. The largest absolute Gasteiger partial charge is 0.339 e. The molecule has 0 bridgehead atoms. The maximum absolute atomic E-state index is 12.9. The highest BCUT2D eigenvalue weighted by Crippen LogP contribution is 2.31. The molecule has 0 atom stereocenters. The lowest BCUT2D eigenvalue weighted by molar-refractivity contribution is -0.138. The molecule has 3 fully saturated rings. The highest BCUT2D eigenvalue weighted by Gasteiger charge is 2.35. The minimum absolute atomic E-state index is 0.0835. The third kappa shape index (κ3) is 5.36. The van der Waals surface area contributed by atoms with Crippen molar-refractivity contribution in [3.8, 4) is 0 Å². The van der Waals surface area contributed by atoms with Gasteiger partial charge in [0.25, 0.3) is 0 Å². The van der Waals surface area contributed by atoms with Crippen LogP contribution in [-0.4, -0.2) is 73.6 Å². The van der Waals surface area contributed by atoms with E-state index in [-0.39, 0.29) is 17.7 Å². The number of carbonyl (C=O) groups excluding carboxylic acids is 2. The van der Waals surface area contributed by atoms with Gasteiger partial charge in [0, 0.05) is 51.3 Å². The van der Waals surface area contributed by atoms with Gasteiger partial charge in [0.15, 0.2) is 0 Å². The van der Waals surface area contributed by atoms with E-state index in [0.29, 0.717) is 44.2 Å². The zero-order chi connectivity index (χ0) is 21.8. The summed E-state index contributed by atoms with van der Waals surface area (Å²) in [6.45, 7) is 3.45. The molecule has 1 saturated carbocycles. The van der Waals surface area contributed by atoms with Crippen molar-refractivity contribution in [1.29, 1.82) is 0 Å². The van der Waals surface area contributed by atoms with Crippen LogP contribution < -0.4 is 0 Å². The Hall–Kier alpha value is -2.19. The summed E-state index contributed by atoms with van der Waals surface area (Å²) in [5, 5.41) is 0. The smallest absolute Gasteiger partial charge is 0.246 e. The van der Waals surface area contributed by atoms with Gasteiger partial charge in [-0.15, -0.1) is 0 Å². The van der Waals surface area contributed by atoms with Crippen molar-refractivity contribution in [3.63, 3.8) is 0 Å². The SMILES string of the molecule is O=C(C=Cc1ccc(S(=O)(=O)N2CCCCCC2)cc1)N1CCN(C(=O)C2CC2)CC1. The third-order valence-corrected chi connectivity index (χ3v) is 8.24. The molecule has 7 nitrogen and oxygen atoms in total. The number of sulfonamides is 1. The van der Waals surface area contributed by atoms with Gasteiger partial charge in [0.05, 0.1) is 4.90 Å². The van der Waals surface area contributed by atoms with E-state index in [0.717, 1.165) is 44.1 Å². The molecule has 0 N–H and O–H groups in total. The molecule has 2 heterocycles. The Kier molecular flexibility index (Phi) is 6.77. The van der Waals surface area contributed by atoms with Crippen LogP contribution in [0.4, 0.5) is 0 Å². The molecule has 3 aliphatic rings. The van der Waals surface area contributed by atoms with Crippen LogP contribution in [0.2, 0.25) is 0 Å². The fraction of sp³-hybridized carbons (Fsp3) is 0.565. The van der Waals surface area contributed by atoms with E-state index in [4.69, 9.17) is 0 Å². The average molecular weight is 446 g/mol. The first-order chi connectivity index (χ1) is 14.9. The van der Waals surface area contributed by atoms with Crippen LogP contribution in [-0.2, 0) is 19.6 Å². The van der Waals surface area contributed by atoms with Gasteiger partial charge >= 0.3 is 0 Å². The Morgan fingerprint density at radius 2 is 1.39 bits per heavy atom. The van der Waals surface area contributed by atoms with Gasteiger partial charge in [-0.2, -0.15) is 4.31 Å². The van der Waals surface area contributed by atoms with Crippen molar-refractivity contribution in [2.45, 2.75) is 43.4 Å². The maximum Gasteiger partial charge on any atom is 0.246 e. The molecule has 2 amide bonds. The molecule has 8 heteroatoms. The molecule has 0 unspecified atom stereocenters. The van der Waals surface area contributed by atoms with Crippen LogP contribution in [0.5, 0.6) is 0 Å². The standard InChI is InChI=1S/C23H31N3O4S/c27-22(24-15-17-25(18-16-24)23(28)20-8-9-20)12-7-19-5-10-21(11-6-19)31(29,30)26-13-3-1-2-4-14-26/h5-7,10-12,20H,1-4,8-9,13-18H2. The highest BCUT2D eigenvalue weighted by molar-refractivity contribution is 7.89. The molecular weight excluding hydrogens is 414 g/mol. The van der Waals surface area contributed by atoms with Crippen LogP contribution in [0.25, 0.3) is 6.08 Å². The van der Waals surface area contributed by atoms with Gasteiger partial charge in [-0.1, -0.05) is 25.0 Å². The van der Waals surface area contributed by atoms with Gasteiger partial charge < -0.3 is 9.80 Å². The lowest BCUT2D eigenvalue weighted by Gasteiger charge is -2.34. The van der Waals surface area contributed by atoms with Gasteiger partial charge in [-0.3, -0.25) is 9.59 Å². The number of carbonyl (C=O) groups is 2. The molecule has 168 valence electrons. The number of hydrogen-bond donors (Lipinski definition) is 0. The normalized spacial score (nSPS) is 21.3. The Morgan fingerprint density at radius 3 is 1.97 bits per heavy atom. The lowest BCUT2D eigenvalue weighted by atomic mass is 10.2. The van der Waals surface area contributed by atoms with Gasteiger partial charge in [-0.05, 0) is 49.5 Å². The Balaban J connectivity index is 1.32. The molecule has 2 aliphatic heterocycles. The van der Waals surface area contributed by atoms with E-state index in [1.165, 1.54) is 6.08 Å². The Morgan fingerprint density at radius 1 is 0.806 bits per heavy atom. The van der Waals surface area contributed by atoms with Crippen molar-refractivity contribution in [2.75, 3.05) is 39.3 Å². The zero-order valence-electron chi connectivity index (χ0n) is 17.9. The fourth-order valence-corrected chi connectivity index (χ4v) is 5.71. The second-order valence-electron chi connectivity index (χ2n) is 8.65. The summed E-state index contributed by atoms with van der Waals surface area (Å²) < 4.78 is 27.3. The van der Waals surface area contributed by atoms with E-state index in [1.54, 1.807) is 39.5 Å². The summed E-state index contributed by atoms with van der Waals surface area (Å²) in [7, 11) is -3.46. The van der Waals surface area contributed by atoms with Crippen molar-refractivity contribution in [1.82, 2.24) is 14.1 Å². The third-order valence-electron chi connectivity index (χ3n) is 6.33. The summed E-state index contributed by atoms with van der Waals surface area (Å²) in [4.78, 5) is 28.5.